The van der Waals surface area contributed by atoms with E-state index < -0.39 is 16.1 Å². The van der Waals surface area contributed by atoms with E-state index in [4.69, 9.17) is 11.6 Å². The van der Waals surface area contributed by atoms with Crippen molar-refractivity contribution in [1.29, 1.82) is 0 Å². The fourth-order valence-corrected chi connectivity index (χ4v) is 5.35. The minimum absolute atomic E-state index is 0.137. The molecule has 1 atom stereocenters. The van der Waals surface area contributed by atoms with Gasteiger partial charge in [0, 0.05) is 16.4 Å². The Bertz CT molecular complexity index is 874. The first-order valence-corrected chi connectivity index (χ1v) is 10.4. The minimum atomic E-state index is -3.75. The summed E-state index contributed by atoms with van der Waals surface area (Å²) >= 11 is 7.21. The summed E-state index contributed by atoms with van der Waals surface area (Å²) in [6.07, 6.45) is 1.13. The molecule has 2 aromatic rings. The fourth-order valence-electron chi connectivity index (χ4n) is 2.75. The Hall–Kier alpha value is -1.48. The van der Waals surface area contributed by atoms with Gasteiger partial charge in [-0.05, 0) is 51.0 Å². The zero-order chi connectivity index (χ0) is 18.2. The molecule has 25 heavy (non-hydrogen) atoms. The van der Waals surface area contributed by atoms with Gasteiger partial charge in [-0.2, -0.15) is 4.31 Å². The minimum Gasteiger partial charge on any atom is -0.301 e. The number of carbonyl (C=O) groups is 1. The summed E-state index contributed by atoms with van der Waals surface area (Å²) in [6.45, 7) is 4.11. The number of aromatic nitrogens is 1. The monoisotopic (exact) mass is 399 g/mol. The summed E-state index contributed by atoms with van der Waals surface area (Å²) in [5, 5.41) is 3.71. The molecule has 1 fully saturated rings. The van der Waals surface area contributed by atoms with E-state index in [1.165, 1.54) is 39.9 Å². The molecule has 1 N–H and O–H groups in total. The number of hydrogen-bond donors (Lipinski definition) is 1. The number of benzene rings is 1. The number of anilines is 1. The van der Waals surface area contributed by atoms with Crippen LogP contribution in [0.5, 0.6) is 0 Å². The van der Waals surface area contributed by atoms with Crippen molar-refractivity contribution in [3.8, 4) is 0 Å². The summed E-state index contributed by atoms with van der Waals surface area (Å²) < 4.78 is 27.0. The van der Waals surface area contributed by atoms with Gasteiger partial charge in [0.1, 0.15) is 6.04 Å². The molecule has 134 valence electrons. The molecule has 1 aromatic heterocycles. The van der Waals surface area contributed by atoms with Crippen LogP contribution in [0.25, 0.3) is 0 Å². The Morgan fingerprint density at radius 2 is 2.00 bits per heavy atom. The zero-order valence-corrected chi connectivity index (χ0v) is 16.2. The van der Waals surface area contributed by atoms with E-state index in [0.717, 1.165) is 10.6 Å². The standard InChI is InChI=1S/C16H18ClN3O3S2/c1-10-11(2)24-16(18-10)19-15(21)14-4-3-9-20(14)25(22,23)13-7-5-12(17)6-8-13/h5-8,14H,3-4,9H2,1-2H3,(H,18,19,21)/t14-/m0/s1. The van der Waals surface area contributed by atoms with Gasteiger partial charge in [0.05, 0.1) is 10.6 Å². The van der Waals surface area contributed by atoms with Crippen LogP contribution in [0.2, 0.25) is 5.02 Å². The molecule has 1 aliphatic heterocycles. The third-order valence-electron chi connectivity index (χ3n) is 4.19. The molecule has 2 heterocycles. The third-order valence-corrected chi connectivity index (χ3v) is 7.35. The lowest BCUT2D eigenvalue weighted by Crippen LogP contribution is -2.43. The van der Waals surface area contributed by atoms with E-state index in [1.54, 1.807) is 0 Å². The number of nitrogens with one attached hydrogen (secondary N) is 1. The van der Waals surface area contributed by atoms with Crippen LogP contribution in [0.1, 0.15) is 23.4 Å². The largest absolute Gasteiger partial charge is 0.301 e. The van der Waals surface area contributed by atoms with Gasteiger partial charge in [-0.15, -0.1) is 11.3 Å². The Morgan fingerprint density at radius 3 is 2.60 bits per heavy atom. The summed E-state index contributed by atoms with van der Waals surface area (Å²) in [4.78, 5) is 18.0. The van der Waals surface area contributed by atoms with Crippen molar-refractivity contribution in [2.24, 2.45) is 0 Å². The summed E-state index contributed by atoms with van der Waals surface area (Å²) in [7, 11) is -3.75. The number of amides is 1. The van der Waals surface area contributed by atoms with Crippen LogP contribution in [0, 0.1) is 13.8 Å². The number of rotatable bonds is 4. The summed E-state index contributed by atoms with van der Waals surface area (Å²) in [5.74, 6) is -0.344. The van der Waals surface area contributed by atoms with Crippen LogP contribution in [0.15, 0.2) is 29.2 Å². The maximum Gasteiger partial charge on any atom is 0.244 e. The highest BCUT2D eigenvalue weighted by molar-refractivity contribution is 7.89. The molecule has 3 rings (SSSR count). The van der Waals surface area contributed by atoms with Crippen molar-refractivity contribution in [2.75, 3.05) is 11.9 Å². The van der Waals surface area contributed by atoms with Crippen molar-refractivity contribution < 1.29 is 13.2 Å². The Kier molecular flexibility index (Phi) is 5.15. The first-order valence-electron chi connectivity index (χ1n) is 7.81. The van der Waals surface area contributed by atoms with Gasteiger partial charge in [-0.3, -0.25) is 4.79 Å². The molecule has 6 nitrogen and oxygen atoms in total. The second-order valence-corrected chi connectivity index (χ2v) is 9.41. The van der Waals surface area contributed by atoms with E-state index >= 15 is 0 Å². The average Bonchev–Trinajstić information content (AvgIpc) is 3.15. The van der Waals surface area contributed by atoms with Gasteiger partial charge in [0.25, 0.3) is 0 Å². The van der Waals surface area contributed by atoms with Crippen LogP contribution >= 0.6 is 22.9 Å². The van der Waals surface area contributed by atoms with Gasteiger partial charge in [0.15, 0.2) is 5.13 Å². The van der Waals surface area contributed by atoms with Gasteiger partial charge in [-0.25, -0.2) is 13.4 Å². The normalized spacial score (nSPS) is 18.4. The number of nitrogens with zero attached hydrogens (tertiary/aromatic N) is 2. The van der Waals surface area contributed by atoms with E-state index in [9.17, 15) is 13.2 Å². The van der Waals surface area contributed by atoms with Crippen LogP contribution < -0.4 is 5.32 Å². The topological polar surface area (TPSA) is 79.4 Å². The van der Waals surface area contributed by atoms with Crippen LogP contribution in [-0.2, 0) is 14.8 Å². The van der Waals surface area contributed by atoms with Crippen molar-refractivity contribution in [1.82, 2.24) is 9.29 Å². The Labute approximate surface area is 155 Å². The van der Waals surface area contributed by atoms with Crippen LogP contribution in [0.3, 0.4) is 0 Å². The lowest BCUT2D eigenvalue weighted by molar-refractivity contribution is -0.119. The molecule has 1 aromatic carbocycles. The Balaban J connectivity index is 1.81. The first-order chi connectivity index (χ1) is 11.8. The third kappa shape index (κ3) is 3.72. The Morgan fingerprint density at radius 1 is 1.32 bits per heavy atom. The molecule has 1 amide bonds. The number of hydrogen-bond acceptors (Lipinski definition) is 5. The zero-order valence-electron chi connectivity index (χ0n) is 13.8. The van der Waals surface area contributed by atoms with E-state index in [0.29, 0.717) is 29.5 Å². The average molecular weight is 400 g/mol. The number of aryl methyl sites for hydroxylation is 2. The molecule has 1 saturated heterocycles. The van der Waals surface area contributed by atoms with E-state index in [1.807, 2.05) is 13.8 Å². The highest BCUT2D eigenvalue weighted by Crippen LogP contribution is 2.28. The van der Waals surface area contributed by atoms with Gasteiger partial charge in [0.2, 0.25) is 15.9 Å². The molecule has 0 bridgehead atoms. The molecule has 0 spiro atoms. The van der Waals surface area contributed by atoms with Gasteiger partial charge >= 0.3 is 0 Å². The lowest BCUT2D eigenvalue weighted by atomic mass is 10.2. The van der Waals surface area contributed by atoms with Crippen LogP contribution in [0.4, 0.5) is 5.13 Å². The first kappa shape index (κ1) is 18.3. The molecular weight excluding hydrogens is 382 g/mol. The van der Waals surface area contributed by atoms with Crippen molar-refractivity contribution >= 4 is 44.0 Å². The molecule has 0 unspecified atom stereocenters. The van der Waals surface area contributed by atoms with E-state index in [-0.39, 0.29) is 10.8 Å². The summed E-state index contributed by atoms with van der Waals surface area (Å²) in [5.41, 5.74) is 0.859. The van der Waals surface area contributed by atoms with Gasteiger partial charge in [-0.1, -0.05) is 11.6 Å². The quantitative estimate of drug-likeness (QED) is 0.856. The molecule has 0 radical (unpaired) electrons. The predicted octanol–water partition coefficient (Wildman–Crippen LogP) is 3.21. The number of sulfonamides is 1. The second kappa shape index (κ2) is 7.03. The molecular formula is C16H18ClN3O3S2. The SMILES string of the molecule is Cc1nc(NC(=O)[C@@H]2CCCN2S(=O)(=O)c2ccc(Cl)cc2)sc1C. The van der Waals surface area contributed by atoms with Crippen LogP contribution in [-0.4, -0.2) is 36.2 Å². The number of halogens is 1. The maximum absolute atomic E-state index is 12.9. The number of thiazole rings is 1. The second-order valence-electron chi connectivity index (χ2n) is 5.88. The van der Waals surface area contributed by atoms with Crippen molar-refractivity contribution in [3.63, 3.8) is 0 Å². The van der Waals surface area contributed by atoms with E-state index in [2.05, 4.69) is 10.3 Å². The summed E-state index contributed by atoms with van der Waals surface area (Å²) in [6, 6.07) is 5.24. The van der Waals surface area contributed by atoms with Gasteiger partial charge < -0.3 is 5.32 Å². The highest BCUT2D eigenvalue weighted by atomic mass is 35.5. The van der Waals surface area contributed by atoms with Crippen molar-refractivity contribution in [3.05, 3.63) is 39.9 Å². The smallest absolute Gasteiger partial charge is 0.244 e. The predicted molar refractivity (Wildman–Crippen MR) is 98.6 cm³/mol. The van der Waals surface area contributed by atoms with Crippen molar-refractivity contribution in [2.45, 2.75) is 37.6 Å². The maximum atomic E-state index is 12.9. The molecule has 0 saturated carbocycles. The molecule has 0 aliphatic carbocycles. The highest BCUT2D eigenvalue weighted by Gasteiger charge is 2.39. The number of carbonyl (C=O) groups excluding carboxylic acids is 1. The molecule has 1 aliphatic rings. The molecule has 9 heteroatoms. The lowest BCUT2D eigenvalue weighted by Gasteiger charge is -2.23. The fraction of sp³-hybridized carbons (Fsp3) is 0.375.